The number of hydrogen-bond acceptors (Lipinski definition) is 4. The molecule has 6 heteroatoms. The van der Waals surface area contributed by atoms with Crippen LogP contribution in [-0.4, -0.2) is 30.8 Å². The van der Waals surface area contributed by atoms with Crippen LogP contribution in [0.25, 0.3) is 11.1 Å². The zero-order chi connectivity index (χ0) is 20.8. The summed E-state index contributed by atoms with van der Waals surface area (Å²) in [5, 5.41) is 14.1. The molecule has 0 spiro atoms. The maximum atomic E-state index is 11.4. The molecule has 0 unspecified atom stereocenters. The Morgan fingerprint density at radius 1 is 1.14 bits per heavy atom. The molecule has 0 fully saturated rings. The van der Waals surface area contributed by atoms with Crippen LogP contribution < -0.4 is 0 Å². The van der Waals surface area contributed by atoms with E-state index >= 15 is 0 Å². The van der Waals surface area contributed by atoms with Crippen LogP contribution in [0.1, 0.15) is 73.5 Å². The summed E-state index contributed by atoms with van der Waals surface area (Å²) in [5.41, 5.74) is 2.84. The van der Waals surface area contributed by atoms with Gasteiger partial charge in [0.25, 0.3) is 0 Å². The minimum absolute atomic E-state index is 0.205. The predicted octanol–water partition coefficient (Wildman–Crippen LogP) is 4.94. The molecule has 1 N–H and O–H groups in total. The van der Waals surface area contributed by atoms with E-state index < -0.39 is 5.97 Å². The Bertz CT molecular complexity index is 961. The number of aryl methyl sites for hydroxylation is 1. The third kappa shape index (κ3) is 5.08. The molecule has 3 aromatic rings. The van der Waals surface area contributed by atoms with Gasteiger partial charge in [-0.3, -0.25) is 4.98 Å². The SMILES string of the molecule is CCCCCc1nc(C(C)C)nn1Cc1ccc(-c2ccncc2C(=O)O)cc1. The molecule has 0 saturated heterocycles. The molecule has 2 heterocycles. The van der Waals surface area contributed by atoms with Gasteiger partial charge in [-0.15, -0.1) is 0 Å². The third-order valence-corrected chi connectivity index (χ3v) is 4.93. The molecule has 29 heavy (non-hydrogen) atoms. The molecule has 0 radical (unpaired) electrons. The molecule has 6 nitrogen and oxygen atoms in total. The molecule has 0 aliphatic heterocycles. The number of carboxylic acid groups (broad SMARTS) is 1. The fourth-order valence-corrected chi connectivity index (χ4v) is 3.26. The second-order valence-electron chi connectivity index (χ2n) is 7.58. The van der Waals surface area contributed by atoms with Gasteiger partial charge in [-0.1, -0.05) is 57.9 Å². The van der Waals surface area contributed by atoms with Gasteiger partial charge in [0.1, 0.15) is 5.82 Å². The van der Waals surface area contributed by atoms with Crippen molar-refractivity contribution in [2.45, 2.75) is 58.9 Å². The average Bonchev–Trinajstić information content (AvgIpc) is 3.12. The summed E-state index contributed by atoms with van der Waals surface area (Å²) in [6.07, 6.45) is 7.42. The van der Waals surface area contributed by atoms with E-state index in [2.05, 4.69) is 25.8 Å². The van der Waals surface area contributed by atoms with Crippen molar-refractivity contribution < 1.29 is 9.90 Å². The highest BCUT2D eigenvalue weighted by Gasteiger charge is 2.14. The Balaban J connectivity index is 1.82. The molecule has 0 saturated carbocycles. The summed E-state index contributed by atoms with van der Waals surface area (Å²) in [6, 6.07) is 9.68. The minimum atomic E-state index is -0.974. The number of carbonyl (C=O) groups is 1. The Morgan fingerprint density at radius 2 is 1.90 bits per heavy atom. The molecule has 0 bridgehead atoms. The quantitative estimate of drug-likeness (QED) is 0.522. The van der Waals surface area contributed by atoms with Gasteiger partial charge in [-0.25, -0.2) is 14.5 Å². The number of aromatic carboxylic acids is 1. The molecule has 0 aliphatic rings. The lowest BCUT2D eigenvalue weighted by Crippen LogP contribution is -2.07. The van der Waals surface area contributed by atoms with E-state index in [1.165, 1.54) is 19.0 Å². The van der Waals surface area contributed by atoms with Crippen molar-refractivity contribution in [1.29, 1.82) is 0 Å². The van der Waals surface area contributed by atoms with E-state index in [-0.39, 0.29) is 5.56 Å². The van der Waals surface area contributed by atoms with Crippen LogP contribution in [0.15, 0.2) is 42.7 Å². The van der Waals surface area contributed by atoms with Gasteiger partial charge >= 0.3 is 5.97 Å². The second kappa shape index (κ2) is 9.45. The van der Waals surface area contributed by atoms with Gasteiger partial charge in [-0.2, -0.15) is 5.10 Å². The number of aromatic nitrogens is 4. The van der Waals surface area contributed by atoms with Crippen molar-refractivity contribution in [1.82, 2.24) is 19.7 Å². The van der Waals surface area contributed by atoms with E-state index in [4.69, 9.17) is 10.1 Å². The first-order valence-electron chi connectivity index (χ1n) is 10.2. The van der Waals surface area contributed by atoms with Crippen molar-refractivity contribution in [3.8, 4) is 11.1 Å². The molecule has 0 atom stereocenters. The van der Waals surface area contributed by atoms with Gasteiger partial charge in [0.15, 0.2) is 5.82 Å². The van der Waals surface area contributed by atoms with Crippen LogP contribution in [0.3, 0.4) is 0 Å². The molecule has 3 rings (SSSR count). The lowest BCUT2D eigenvalue weighted by Gasteiger charge is -2.09. The van der Waals surface area contributed by atoms with Crippen molar-refractivity contribution in [2.24, 2.45) is 0 Å². The highest BCUT2D eigenvalue weighted by Crippen LogP contribution is 2.24. The van der Waals surface area contributed by atoms with E-state index in [0.717, 1.165) is 35.6 Å². The molecular weight excluding hydrogens is 364 g/mol. The number of hydrogen-bond donors (Lipinski definition) is 1. The van der Waals surface area contributed by atoms with Crippen LogP contribution in [-0.2, 0) is 13.0 Å². The van der Waals surface area contributed by atoms with E-state index in [9.17, 15) is 9.90 Å². The number of pyridine rings is 1. The highest BCUT2D eigenvalue weighted by molar-refractivity contribution is 5.95. The van der Waals surface area contributed by atoms with Crippen LogP contribution in [0, 0.1) is 0 Å². The maximum Gasteiger partial charge on any atom is 0.337 e. The normalized spacial score (nSPS) is 11.2. The fraction of sp³-hybridized carbons (Fsp3) is 0.391. The summed E-state index contributed by atoms with van der Waals surface area (Å²) in [6.45, 7) is 7.08. The predicted molar refractivity (Wildman–Crippen MR) is 113 cm³/mol. The van der Waals surface area contributed by atoms with Gasteiger partial charge < -0.3 is 5.11 Å². The summed E-state index contributed by atoms with van der Waals surface area (Å²) in [5.74, 6) is 1.24. The van der Waals surface area contributed by atoms with Gasteiger partial charge in [0.05, 0.1) is 12.1 Å². The molecule has 152 valence electrons. The Morgan fingerprint density at radius 3 is 2.55 bits per heavy atom. The Hall–Kier alpha value is -3.02. The number of benzene rings is 1. The van der Waals surface area contributed by atoms with E-state index in [1.807, 2.05) is 28.9 Å². The zero-order valence-electron chi connectivity index (χ0n) is 17.3. The maximum absolute atomic E-state index is 11.4. The Kier molecular flexibility index (Phi) is 6.75. The second-order valence-corrected chi connectivity index (χ2v) is 7.58. The van der Waals surface area contributed by atoms with Gasteiger partial charge in [0, 0.05) is 24.7 Å². The van der Waals surface area contributed by atoms with Crippen LogP contribution in [0.4, 0.5) is 0 Å². The smallest absolute Gasteiger partial charge is 0.337 e. The van der Waals surface area contributed by atoms with Crippen LogP contribution >= 0.6 is 0 Å². The third-order valence-electron chi connectivity index (χ3n) is 4.93. The molecule has 1 aromatic carbocycles. The van der Waals surface area contributed by atoms with Gasteiger partial charge in [0.2, 0.25) is 0 Å². The molecule has 0 aliphatic carbocycles. The van der Waals surface area contributed by atoms with E-state index in [0.29, 0.717) is 18.0 Å². The van der Waals surface area contributed by atoms with Crippen LogP contribution in [0.2, 0.25) is 0 Å². The molecule has 2 aromatic heterocycles. The standard InChI is InChI=1S/C23H28N4O2/c1-4-5-6-7-21-25-22(16(2)3)26-27(21)15-17-8-10-18(11-9-17)19-12-13-24-14-20(19)23(28)29/h8-14,16H,4-7,15H2,1-3H3,(H,28,29). The van der Waals surface area contributed by atoms with Crippen molar-refractivity contribution in [3.05, 3.63) is 65.5 Å². The number of unbranched alkanes of at least 4 members (excludes halogenated alkanes) is 2. The van der Waals surface area contributed by atoms with Gasteiger partial charge in [-0.05, 0) is 29.2 Å². The lowest BCUT2D eigenvalue weighted by molar-refractivity contribution is 0.0697. The first-order valence-corrected chi connectivity index (χ1v) is 10.2. The number of nitrogens with zero attached hydrogens (tertiary/aromatic N) is 4. The van der Waals surface area contributed by atoms with Crippen molar-refractivity contribution in [2.75, 3.05) is 0 Å². The first-order chi connectivity index (χ1) is 14.0. The summed E-state index contributed by atoms with van der Waals surface area (Å²) in [7, 11) is 0. The summed E-state index contributed by atoms with van der Waals surface area (Å²) >= 11 is 0. The zero-order valence-corrected chi connectivity index (χ0v) is 17.3. The average molecular weight is 393 g/mol. The summed E-state index contributed by atoms with van der Waals surface area (Å²) < 4.78 is 2.01. The topological polar surface area (TPSA) is 80.9 Å². The Labute approximate surface area is 171 Å². The number of carboxylic acids is 1. The lowest BCUT2D eigenvalue weighted by atomic mass is 10.0. The minimum Gasteiger partial charge on any atom is -0.478 e. The van der Waals surface area contributed by atoms with Crippen molar-refractivity contribution in [3.63, 3.8) is 0 Å². The first kappa shape index (κ1) is 20.7. The monoisotopic (exact) mass is 392 g/mol. The highest BCUT2D eigenvalue weighted by atomic mass is 16.4. The van der Waals surface area contributed by atoms with E-state index in [1.54, 1.807) is 12.3 Å². The number of rotatable bonds is 9. The summed E-state index contributed by atoms with van der Waals surface area (Å²) in [4.78, 5) is 20.1. The fourth-order valence-electron chi connectivity index (χ4n) is 3.26. The van der Waals surface area contributed by atoms with Crippen molar-refractivity contribution >= 4 is 5.97 Å². The molecule has 0 amide bonds. The molecular formula is C23H28N4O2. The largest absolute Gasteiger partial charge is 0.478 e. The van der Waals surface area contributed by atoms with Crippen LogP contribution in [0.5, 0.6) is 0 Å².